The van der Waals surface area contributed by atoms with Crippen LogP contribution in [0.25, 0.3) is 0 Å². The summed E-state index contributed by atoms with van der Waals surface area (Å²) in [5.74, 6) is 0.924. The van der Waals surface area contributed by atoms with Gasteiger partial charge in [-0.1, -0.05) is 32.9 Å². The molecule has 23 heavy (non-hydrogen) atoms. The number of carboxylic acid groups (broad SMARTS) is 1. The van der Waals surface area contributed by atoms with E-state index in [9.17, 15) is 9.90 Å². The first kappa shape index (κ1) is 16.1. The van der Waals surface area contributed by atoms with E-state index in [0.29, 0.717) is 26.3 Å². The minimum absolute atomic E-state index is 0.0922. The van der Waals surface area contributed by atoms with Crippen molar-refractivity contribution in [3.8, 4) is 5.75 Å². The summed E-state index contributed by atoms with van der Waals surface area (Å²) < 4.78 is 11.8. The second-order valence-corrected chi connectivity index (χ2v) is 7.56. The highest BCUT2D eigenvalue weighted by Gasteiger charge is 2.32. The Kier molecular flexibility index (Phi) is 4.23. The molecule has 0 saturated carbocycles. The van der Waals surface area contributed by atoms with Crippen molar-refractivity contribution in [2.24, 2.45) is 5.41 Å². The molecule has 0 bridgehead atoms. The Bertz CT molecular complexity index is 606. The normalized spacial score (nSPS) is 19.7. The maximum atomic E-state index is 11.6. The van der Waals surface area contributed by atoms with Crippen LogP contribution in [0.15, 0.2) is 12.1 Å². The van der Waals surface area contributed by atoms with Gasteiger partial charge >= 0.3 is 6.09 Å². The van der Waals surface area contributed by atoms with Crippen LogP contribution in [0, 0.1) is 5.41 Å². The van der Waals surface area contributed by atoms with Gasteiger partial charge in [-0.05, 0) is 23.0 Å². The fourth-order valence-corrected chi connectivity index (χ4v) is 3.41. The molecule has 3 rings (SSSR count). The minimum Gasteiger partial charge on any atom is -0.493 e. The molecule has 2 aliphatic heterocycles. The molecule has 1 aromatic rings. The number of hydrogen-bond donors (Lipinski definition) is 1. The van der Waals surface area contributed by atoms with E-state index >= 15 is 0 Å². The smallest absolute Gasteiger partial charge is 0.407 e. The van der Waals surface area contributed by atoms with Crippen LogP contribution in [0.1, 0.15) is 43.6 Å². The van der Waals surface area contributed by atoms with Crippen molar-refractivity contribution < 1.29 is 19.4 Å². The lowest BCUT2D eigenvalue weighted by Crippen LogP contribution is -2.40. The zero-order valence-electron chi connectivity index (χ0n) is 14.1. The van der Waals surface area contributed by atoms with Crippen LogP contribution < -0.4 is 4.74 Å². The second-order valence-electron chi connectivity index (χ2n) is 7.56. The van der Waals surface area contributed by atoms with Gasteiger partial charge in [0.25, 0.3) is 0 Å². The van der Waals surface area contributed by atoms with Crippen LogP contribution in [0.2, 0.25) is 0 Å². The van der Waals surface area contributed by atoms with Crippen molar-refractivity contribution in [2.75, 3.05) is 26.3 Å². The van der Waals surface area contributed by atoms with Gasteiger partial charge in [0.15, 0.2) is 0 Å². The number of benzene rings is 1. The van der Waals surface area contributed by atoms with E-state index in [2.05, 4.69) is 12.1 Å². The molecule has 2 aliphatic rings. The van der Waals surface area contributed by atoms with E-state index in [0.717, 1.165) is 24.2 Å². The first-order valence-electron chi connectivity index (χ1n) is 8.22. The van der Waals surface area contributed by atoms with E-state index in [1.54, 1.807) is 0 Å². The molecule has 0 aromatic heterocycles. The number of amides is 1. The quantitative estimate of drug-likeness (QED) is 0.929. The standard InChI is InChI=1S/C18H25NO4/c1-18(2,3)11-19(17(20)21)10-14-15-12(6-8-22-14)4-5-13-7-9-23-16(13)15/h4-5,14H,6-11H2,1-3H3,(H,20,21)/t14-/m0/s1. The summed E-state index contributed by atoms with van der Waals surface area (Å²) in [6.07, 6.45) is 0.629. The fraction of sp³-hybridized carbons (Fsp3) is 0.611. The SMILES string of the molecule is CC(C)(C)CN(C[C@@H]1OCCc2ccc3c(c21)OCC3)C(=O)O. The minimum atomic E-state index is -0.899. The van der Waals surface area contributed by atoms with Crippen LogP contribution >= 0.6 is 0 Å². The Morgan fingerprint density at radius 2 is 1.96 bits per heavy atom. The van der Waals surface area contributed by atoms with E-state index in [-0.39, 0.29) is 11.5 Å². The van der Waals surface area contributed by atoms with E-state index in [4.69, 9.17) is 9.47 Å². The number of hydrogen-bond acceptors (Lipinski definition) is 3. The van der Waals surface area contributed by atoms with Crippen LogP contribution in [0.4, 0.5) is 4.79 Å². The maximum absolute atomic E-state index is 11.6. The van der Waals surface area contributed by atoms with Crippen molar-refractivity contribution >= 4 is 6.09 Å². The average molecular weight is 319 g/mol. The molecule has 5 heteroatoms. The van der Waals surface area contributed by atoms with Gasteiger partial charge in [-0.2, -0.15) is 0 Å². The molecule has 2 heterocycles. The molecule has 1 N–H and O–H groups in total. The Morgan fingerprint density at radius 3 is 2.65 bits per heavy atom. The summed E-state index contributed by atoms with van der Waals surface area (Å²) in [5, 5.41) is 9.55. The lowest BCUT2D eigenvalue weighted by molar-refractivity contribution is 0.0106. The monoisotopic (exact) mass is 319 g/mol. The number of nitrogens with zero attached hydrogens (tertiary/aromatic N) is 1. The van der Waals surface area contributed by atoms with Crippen LogP contribution in [0.3, 0.4) is 0 Å². The first-order chi connectivity index (χ1) is 10.8. The zero-order chi connectivity index (χ0) is 16.6. The van der Waals surface area contributed by atoms with E-state index in [1.807, 2.05) is 20.8 Å². The maximum Gasteiger partial charge on any atom is 0.407 e. The summed E-state index contributed by atoms with van der Waals surface area (Å²) in [5.41, 5.74) is 3.40. The molecule has 1 aromatic carbocycles. The van der Waals surface area contributed by atoms with Gasteiger partial charge in [0.2, 0.25) is 0 Å². The lowest BCUT2D eigenvalue weighted by Gasteiger charge is -2.34. The highest BCUT2D eigenvalue weighted by atomic mass is 16.5. The van der Waals surface area contributed by atoms with Crippen LogP contribution in [0.5, 0.6) is 5.75 Å². The van der Waals surface area contributed by atoms with Gasteiger partial charge in [0, 0.05) is 18.5 Å². The highest BCUT2D eigenvalue weighted by molar-refractivity contribution is 5.65. The molecular weight excluding hydrogens is 294 g/mol. The van der Waals surface area contributed by atoms with Crippen molar-refractivity contribution in [3.05, 3.63) is 28.8 Å². The molecule has 1 atom stereocenters. The van der Waals surface area contributed by atoms with E-state index in [1.165, 1.54) is 16.0 Å². The molecule has 126 valence electrons. The third-order valence-corrected chi connectivity index (χ3v) is 4.32. The molecule has 0 spiro atoms. The summed E-state index contributed by atoms with van der Waals surface area (Å²) in [6.45, 7) is 8.27. The molecule has 0 fully saturated rings. The second kappa shape index (κ2) is 6.04. The van der Waals surface area contributed by atoms with Crippen LogP contribution in [-0.2, 0) is 17.6 Å². The Labute approximate surface area is 137 Å². The van der Waals surface area contributed by atoms with E-state index < -0.39 is 6.09 Å². The number of ether oxygens (including phenoxy) is 2. The summed E-state index contributed by atoms with van der Waals surface area (Å²) in [4.78, 5) is 13.1. The van der Waals surface area contributed by atoms with Gasteiger partial charge in [-0.15, -0.1) is 0 Å². The third kappa shape index (κ3) is 3.44. The zero-order valence-corrected chi connectivity index (χ0v) is 14.1. The predicted octanol–water partition coefficient (Wildman–Crippen LogP) is 3.26. The Morgan fingerprint density at radius 1 is 1.26 bits per heavy atom. The van der Waals surface area contributed by atoms with Gasteiger partial charge in [-0.25, -0.2) is 4.79 Å². The average Bonchev–Trinajstić information content (AvgIpc) is 2.93. The van der Waals surface area contributed by atoms with Gasteiger partial charge in [0.05, 0.1) is 19.8 Å². The molecule has 1 amide bonds. The van der Waals surface area contributed by atoms with Gasteiger partial charge in [-0.3, -0.25) is 0 Å². The molecule has 0 radical (unpaired) electrons. The molecule has 0 unspecified atom stereocenters. The molecular formula is C18H25NO4. The summed E-state index contributed by atoms with van der Waals surface area (Å²) in [6, 6.07) is 4.28. The highest BCUT2D eigenvalue weighted by Crippen LogP contribution is 2.40. The summed E-state index contributed by atoms with van der Waals surface area (Å²) in [7, 11) is 0. The van der Waals surface area contributed by atoms with Gasteiger partial charge < -0.3 is 19.5 Å². The Balaban J connectivity index is 1.88. The van der Waals surface area contributed by atoms with Gasteiger partial charge in [0.1, 0.15) is 11.9 Å². The molecule has 5 nitrogen and oxygen atoms in total. The largest absolute Gasteiger partial charge is 0.493 e. The van der Waals surface area contributed by atoms with Crippen molar-refractivity contribution in [1.82, 2.24) is 4.90 Å². The topological polar surface area (TPSA) is 59.0 Å². The number of fused-ring (bicyclic) bond motifs is 3. The lowest BCUT2D eigenvalue weighted by atomic mass is 9.92. The first-order valence-corrected chi connectivity index (χ1v) is 8.22. The number of rotatable bonds is 3. The molecule has 0 saturated heterocycles. The summed E-state index contributed by atoms with van der Waals surface area (Å²) >= 11 is 0. The van der Waals surface area contributed by atoms with Crippen molar-refractivity contribution in [2.45, 2.75) is 39.7 Å². The van der Waals surface area contributed by atoms with Crippen molar-refractivity contribution in [3.63, 3.8) is 0 Å². The predicted molar refractivity (Wildman–Crippen MR) is 87.1 cm³/mol. The van der Waals surface area contributed by atoms with Crippen LogP contribution in [-0.4, -0.2) is 42.4 Å². The fourth-order valence-electron chi connectivity index (χ4n) is 3.41. The number of carbonyl (C=O) groups is 1. The molecule has 0 aliphatic carbocycles. The third-order valence-electron chi connectivity index (χ3n) is 4.32. The Hall–Kier alpha value is -1.75. The van der Waals surface area contributed by atoms with Crippen molar-refractivity contribution in [1.29, 1.82) is 0 Å².